The van der Waals surface area contributed by atoms with Crippen LogP contribution in [0.4, 0.5) is 0 Å². The minimum atomic E-state index is 0.768. The Morgan fingerprint density at radius 2 is 1.65 bits per heavy atom. The van der Waals surface area contributed by atoms with Crippen LogP contribution in [0.2, 0.25) is 0 Å². The molecule has 17 heavy (non-hydrogen) atoms. The van der Waals surface area contributed by atoms with Gasteiger partial charge >= 0.3 is 0 Å². The predicted octanol–water partition coefficient (Wildman–Crippen LogP) is 4.82. The van der Waals surface area contributed by atoms with E-state index in [9.17, 15) is 0 Å². The van der Waals surface area contributed by atoms with E-state index in [-0.39, 0.29) is 0 Å². The van der Waals surface area contributed by atoms with E-state index in [0.29, 0.717) is 0 Å². The van der Waals surface area contributed by atoms with Gasteiger partial charge in [0.25, 0.3) is 0 Å². The van der Waals surface area contributed by atoms with E-state index in [1.165, 1.54) is 70.6 Å². The van der Waals surface area contributed by atoms with Crippen molar-refractivity contribution in [2.75, 3.05) is 0 Å². The molecule has 0 aromatic rings. The molecule has 1 fully saturated rings. The standard InChI is InChI=1S/C16H31N/c1-3-4-5-6-7-8-9-10-11-12-16-14-13-15(2)17-16/h3,15-17H,1,4-14H2,2H3/t15-,16-/m0/s1. The van der Waals surface area contributed by atoms with Gasteiger partial charge in [0, 0.05) is 12.1 Å². The van der Waals surface area contributed by atoms with Crippen LogP contribution in [0.1, 0.15) is 77.6 Å². The Bertz CT molecular complexity index is 188. The maximum atomic E-state index is 3.76. The van der Waals surface area contributed by atoms with E-state index in [2.05, 4.69) is 18.8 Å². The third-order valence-corrected chi connectivity index (χ3v) is 3.93. The Hall–Kier alpha value is -0.300. The summed E-state index contributed by atoms with van der Waals surface area (Å²) >= 11 is 0. The smallest absolute Gasteiger partial charge is 0.00701 e. The van der Waals surface area contributed by atoms with Gasteiger partial charge in [0.2, 0.25) is 0 Å². The first-order chi connectivity index (χ1) is 8.33. The van der Waals surface area contributed by atoms with Crippen molar-refractivity contribution in [2.24, 2.45) is 0 Å². The monoisotopic (exact) mass is 237 g/mol. The molecule has 0 bridgehead atoms. The highest BCUT2D eigenvalue weighted by molar-refractivity contribution is 4.80. The van der Waals surface area contributed by atoms with Gasteiger partial charge in [-0.15, -0.1) is 6.58 Å². The van der Waals surface area contributed by atoms with Crippen molar-refractivity contribution in [1.82, 2.24) is 5.32 Å². The Labute approximate surface area is 108 Å². The first-order valence-electron chi connectivity index (χ1n) is 7.70. The normalized spacial score (nSPS) is 24.1. The van der Waals surface area contributed by atoms with Crippen molar-refractivity contribution in [2.45, 2.75) is 89.6 Å². The zero-order valence-electron chi connectivity index (χ0n) is 11.7. The molecule has 1 nitrogen and oxygen atoms in total. The summed E-state index contributed by atoms with van der Waals surface area (Å²) in [5.74, 6) is 0. The lowest BCUT2D eigenvalue weighted by Gasteiger charge is -2.11. The van der Waals surface area contributed by atoms with Crippen molar-refractivity contribution in [3.63, 3.8) is 0 Å². The zero-order chi connectivity index (χ0) is 12.3. The number of unbranched alkanes of at least 4 members (excludes halogenated alkanes) is 7. The summed E-state index contributed by atoms with van der Waals surface area (Å²) in [7, 11) is 0. The number of nitrogens with one attached hydrogen (secondary N) is 1. The molecule has 0 aromatic heterocycles. The summed E-state index contributed by atoms with van der Waals surface area (Å²) in [6.07, 6.45) is 17.3. The molecule has 0 unspecified atom stereocenters. The van der Waals surface area contributed by atoms with Crippen LogP contribution < -0.4 is 5.32 Å². The van der Waals surface area contributed by atoms with Crippen LogP contribution in [0.3, 0.4) is 0 Å². The molecule has 1 rings (SSSR count). The van der Waals surface area contributed by atoms with Crippen molar-refractivity contribution in [3.8, 4) is 0 Å². The maximum Gasteiger partial charge on any atom is 0.00701 e. The second kappa shape index (κ2) is 9.70. The average Bonchev–Trinajstić information content (AvgIpc) is 2.73. The van der Waals surface area contributed by atoms with Gasteiger partial charge in [0.15, 0.2) is 0 Å². The van der Waals surface area contributed by atoms with Crippen LogP contribution >= 0.6 is 0 Å². The van der Waals surface area contributed by atoms with Gasteiger partial charge in [0.05, 0.1) is 0 Å². The number of allylic oxidation sites excluding steroid dienone is 1. The SMILES string of the molecule is C=CCCCCCCCCC[C@H]1CC[C@H](C)N1. The van der Waals surface area contributed by atoms with Gasteiger partial charge in [-0.3, -0.25) is 0 Å². The van der Waals surface area contributed by atoms with E-state index < -0.39 is 0 Å². The highest BCUT2D eigenvalue weighted by Gasteiger charge is 2.18. The summed E-state index contributed by atoms with van der Waals surface area (Å²) in [5.41, 5.74) is 0. The van der Waals surface area contributed by atoms with Gasteiger partial charge in [-0.05, 0) is 39.0 Å². The number of rotatable bonds is 10. The molecule has 0 amide bonds. The van der Waals surface area contributed by atoms with Gasteiger partial charge in [-0.1, -0.05) is 44.6 Å². The lowest BCUT2D eigenvalue weighted by Crippen LogP contribution is -2.26. The molecule has 2 atom stereocenters. The van der Waals surface area contributed by atoms with Crippen molar-refractivity contribution in [1.29, 1.82) is 0 Å². The molecule has 100 valence electrons. The molecule has 1 heterocycles. The molecule has 1 saturated heterocycles. The molecule has 0 aromatic carbocycles. The van der Waals surface area contributed by atoms with E-state index in [0.717, 1.165) is 12.1 Å². The molecule has 1 heteroatoms. The van der Waals surface area contributed by atoms with Gasteiger partial charge in [-0.25, -0.2) is 0 Å². The number of hydrogen-bond acceptors (Lipinski definition) is 1. The quantitative estimate of drug-likeness (QED) is 0.424. The number of hydrogen-bond donors (Lipinski definition) is 1. The molecule has 0 radical (unpaired) electrons. The first kappa shape index (κ1) is 14.8. The summed E-state index contributed by atoms with van der Waals surface area (Å²) in [4.78, 5) is 0. The van der Waals surface area contributed by atoms with Crippen molar-refractivity contribution >= 4 is 0 Å². The van der Waals surface area contributed by atoms with Crippen LogP contribution in [0.5, 0.6) is 0 Å². The second-order valence-corrected chi connectivity index (χ2v) is 5.68. The molecule has 1 N–H and O–H groups in total. The molecule has 1 aliphatic rings. The predicted molar refractivity (Wildman–Crippen MR) is 77.4 cm³/mol. The van der Waals surface area contributed by atoms with Crippen LogP contribution in [0, 0.1) is 0 Å². The van der Waals surface area contributed by atoms with Crippen molar-refractivity contribution < 1.29 is 0 Å². The lowest BCUT2D eigenvalue weighted by molar-refractivity contribution is 0.485. The minimum Gasteiger partial charge on any atom is -0.312 e. The second-order valence-electron chi connectivity index (χ2n) is 5.68. The third kappa shape index (κ3) is 7.59. The summed E-state index contributed by atoms with van der Waals surface area (Å²) in [6, 6.07) is 1.60. The summed E-state index contributed by atoms with van der Waals surface area (Å²) in [6.45, 7) is 6.06. The Morgan fingerprint density at radius 1 is 1.00 bits per heavy atom. The zero-order valence-corrected chi connectivity index (χ0v) is 11.7. The fraction of sp³-hybridized carbons (Fsp3) is 0.875. The maximum absolute atomic E-state index is 3.76. The van der Waals surface area contributed by atoms with Gasteiger partial charge < -0.3 is 5.32 Å². The van der Waals surface area contributed by atoms with Crippen LogP contribution in [0.25, 0.3) is 0 Å². The largest absolute Gasteiger partial charge is 0.312 e. The van der Waals surface area contributed by atoms with Crippen molar-refractivity contribution in [3.05, 3.63) is 12.7 Å². The van der Waals surface area contributed by atoms with E-state index in [4.69, 9.17) is 0 Å². The van der Waals surface area contributed by atoms with Crippen LogP contribution in [-0.4, -0.2) is 12.1 Å². The molecule has 0 spiro atoms. The molecule has 1 aliphatic heterocycles. The highest BCUT2D eigenvalue weighted by Crippen LogP contribution is 2.18. The van der Waals surface area contributed by atoms with E-state index in [1.54, 1.807) is 0 Å². The minimum absolute atomic E-state index is 0.768. The molecule has 0 saturated carbocycles. The van der Waals surface area contributed by atoms with Gasteiger partial charge in [0.1, 0.15) is 0 Å². The Balaban J connectivity index is 1.77. The van der Waals surface area contributed by atoms with Crippen LogP contribution in [0.15, 0.2) is 12.7 Å². The lowest BCUT2D eigenvalue weighted by atomic mass is 10.0. The van der Waals surface area contributed by atoms with E-state index in [1.807, 2.05) is 6.08 Å². The Morgan fingerprint density at radius 3 is 2.24 bits per heavy atom. The first-order valence-corrected chi connectivity index (χ1v) is 7.70. The molecular weight excluding hydrogens is 206 g/mol. The molecular formula is C16H31N. The average molecular weight is 237 g/mol. The topological polar surface area (TPSA) is 12.0 Å². The highest BCUT2D eigenvalue weighted by atomic mass is 15.0. The summed E-state index contributed by atoms with van der Waals surface area (Å²) in [5, 5.41) is 3.67. The van der Waals surface area contributed by atoms with Crippen LogP contribution in [-0.2, 0) is 0 Å². The fourth-order valence-electron chi connectivity index (χ4n) is 2.81. The third-order valence-electron chi connectivity index (χ3n) is 3.93. The van der Waals surface area contributed by atoms with Gasteiger partial charge in [-0.2, -0.15) is 0 Å². The van der Waals surface area contributed by atoms with E-state index >= 15 is 0 Å². The fourth-order valence-corrected chi connectivity index (χ4v) is 2.81. The summed E-state index contributed by atoms with van der Waals surface area (Å²) < 4.78 is 0. The molecule has 0 aliphatic carbocycles. The Kier molecular flexibility index (Phi) is 8.42.